The molecular weight excluding hydrogens is 628 g/mol. The summed E-state index contributed by atoms with van der Waals surface area (Å²) in [6, 6.07) is 20.9. The highest BCUT2D eigenvalue weighted by molar-refractivity contribution is 5.68. The summed E-state index contributed by atoms with van der Waals surface area (Å²) in [5, 5.41) is 26.2. The molecule has 2 amide bonds. The standard InChI is InChI=1S/2C21H33NO3/c2*1-5-18(22-19(24)25-20(2,3)4)21(13-11-17(23)12-14-21)15-16-9-7-6-8-10-16/h2*6-10,17-18,23H,5,11-15H2,1-4H3,(H,22,24). The van der Waals surface area contributed by atoms with Gasteiger partial charge in [-0.05, 0) is 141 Å². The predicted octanol–water partition coefficient (Wildman–Crippen LogP) is 8.91. The summed E-state index contributed by atoms with van der Waals surface area (Å²) in [6.07, 6.45) is 9.20. The van der Waals surface area contributed by atoms with Crippen LogP contribution in [-0.4, -0.2) is 57.9 Å². The van der Waals surface area contributed by atoms with Crippen molar-refractivity contribution in [2.24, 2.45) is 10.8 Å². The first-order chi connectivity index (χ1) is 23.5. The second-order valence-electron chi connectivity index (χ2n) is 16.7. The first-order valence-corrected chi connectivity index (χ1v) is 18.9. The average molecular weight is 695 g/mol. The van der Waals surface area contributed by atoms with E-state index in [-0.39, 0.29) is 47.3 Å². The van der Waals surface area contributed by atoms with Crippen LogP contribution in [0.5, 0.6) is 0 Å². The van der Waals surface area contributed by atoms with Crippen molar-refractivity contribution in [1.82, 2.24) is 10.6 Å². The Bertz CT molecular complexity index is 1190. The van der Waals surface area contributed by atoms with E-state index in [0.717, 1.165) is 77.0 Å². The summed E-state index contributed by atoms with van der Waals surface area (Å²) >= 11 is 0. The molecule has 50 heavy (non-hydrogen) atoms. The number of nitrogens with one attached hydrogen (secondary N) is 2. The van der Waals surface area contributed by atoms with Crippen LogP contribution in [-0.2, 0) is 22.3 Å². The topological polar surface area (TPSA) is 117 Å². The maximum absolute atomic E-state index is 12.3. The molecule has 2 atom stereocenters. The van der Waals surface area contributed by atoms with Gasteiger partial charge in [0.25, 0.3) is 0 Å². The lowest BCUT2D eigenvalue weighted by Gasteiger charge is -2.45. The van der Waals surface area contributed by atoms with Crippen molar-refractivity contribution < 1.29 is 29.3 Å². The van der Waals surface area contributed by atoms with Crippen LogP contribution in [0.4, 0.5) is 9.59 Å². The van der Waals surface area contributed by atoms with Crippen LogP contribution >= 0.6 is 0 Å². The van der Waals surface area contributed by atoms with E-state index in [9.17, 15) is 19.8 Å². The molecule has 2 saturated carbocycles. The predicted molar refractivity (Wildman–Crippen MR) is 201 cm³/mol. The van der Waals surface area contributed by atoms with Gasteiger partial charge in [-0.3, -0.25) is 0 Å². The minimum Gasteiger partial charge on any atom is -0.444 e. The molecule has 2 aliphatic rings. The zero-order valence-electron chi connectivity index (χ0n) is 32.1. The van der Waals surface area contributed by atoms with Gasteiger partial charge >= 0.3 is 12.2 Å². The first kappa shape index (κ1) is 41.3. The Hall–Kier alpha value is -3.10. The third-order valence-electron chi connectivity index (χ3n) is 10.4. The van der Waals surface area contributed by atoms with Crippen molar-refractivity contribution in [3.05, 3.63) is 71.8 Å². The molecule has 0 radical (unpaired) electrons. The summed E-state index contributed by atoms with van der Waals surface area (Å²) < 4.78 is 11.0. The van der Waals surface area contributed by atoms with Crippen molar-refractivity contribution in [3.8, 4) is 0 Å². The fourth-order valence-corrected chi connectivity index (χ4v) is 7.93. The maximum Gasteiger partial charge on any atom is 0.407 e. The Balaban J connectivity index is 0.000000270. The van der Waals surface area contributed by atoms with E-state index in [0.29, 0.717) is 0 Å². The zero-order chi connectivity index (χ0) is 37.0. The van der Waals surface area contributed by atoms with Crippen LogP contribution in [0.15, 0.2) is 60.7 Å². The molecule has 0 bridgehead atoms. The maximum atomic E-state index is 12.3. The van der Waals surface area contributed by atoms with E-state index in [1.54, 1.807) is 0 Å². The number of aliphatic hydroxyl groups excluding tert-OH is 2. The van der Waals surface area contributed by atoms with Crippen LogP contribution in [0.25, 0.3) is 0 Å². The smallest absolute Gasteiger partial charge is 0.407 e. The molecule has 0 saturated heterocycles. The van der Waals surface area contributed by atoms with Gasteiger partial charge in [0.05, 0.1) is 12.2 Å². The van der Waals surface area contributed by atoms with Crippen LogP contribution in [0.1, 0.15) is 131 Å². The van der Waals surface area contributed by atoms with Gasteiger partial charge in [0.15, 0.2) is 0 Å². The van der Waals surface area contributed by atoms with E-state index in [4.69, 9.17) is 9.47 Å². The highest BCUT2D eigenvalue weighted by Gasteiger charge is 2.43. The number of aliphatic hydroxyl groups is 2. The number of amides is 2. The van der Waals surface area contributed by atoms with E-state index >= 15 is 0 Å². The third-order valence-corrected chi connectivity index (χ3v) is 10.4. The number of rotatable bonds is 10. The summed E-state index contributed by atoms with van der Waals surface area (Å²) in [6.45, 7) is 15.5. The van der Waals surface area contributed by atoms with Gasteiger partial charge in [-0.2, -0.15) is 0 Å². The quantitative estimate of drug-likeness (QED) is 0.197. The Morgan fingerprint density at radius 1 is 0.640 bits per heavy atom. The molecule has 8 nitrogen and oxygen atoms in total. The van der Waals surface area contributed by atoms with Crippen molar-refractivity contribution in [1.29, 1.82) is 0 Å². The van der Waals surface area contributed by atoms with Crippen molar-refractivity contribution >= 4 is 12.2 Å². The van der Waals surface area contributed by atoms with E-state index < -0.39 is 11.2 Å². The number of ether oxygens (including phenoxy) is 2. The largest absolute Gasteiger partial charge is 0.444 e. The lowest BCUT2D eigenvalue weighted by atomic mass is 9.64. The Morgan fingerprint density at radius 3 is 1.20 bits per heavy atom. The van der Waals surface area contributed by atoms with Crippen LogP contribution in [0.3, 0.4) is 0 Å². The van der Waals surface area contributed by atoms with E-state index in [1.165, 1.54) is 11.1 Å². The summed E-state index contributed by atoms with van der Waals surface area (Å²) in [7, 11) is 0. The Kier molecular flexibility index (Phi) is 15.2. The molecule has 0 aliphatic heterocycles. The molecule has 2 unspecified atom stereocenters. The minimum atomic E-state index is -0.502. The number of hydrogen-bond acceptors (Lipinski definition) is 6. The summed E-state index contributed by atoms with van der Waals surface area (Å²) in [5.41, 5.74) is 1.49. The summed E-state index contributed by atoms with van der Waals surface area (Å²) in [4.78, 5) is 24.7. The number of alkyl carbamates (subject to hydrolysis) is 2. The van der Waals surface area contributed by atoms with Gasteiger partial charge in [-0.15, -0.1) is 0 Å². The molecule has 0 spiro atoms. The van der Waals surface area contributed by atoms with Gasteiger partial charge in [-0.25, -0.2) is 9.59 Å². The first-order valence-electron chi connectivity index (χ1n) is 18.9. The molecule has 4 rings (SSSR count). The fraction of sp³-hybridized carbons (Fsp3) is 0.667. The fourth-order valence-electron chi connectivity index (χ4n) is 7.93. The van der Waals surface area contributed by atoms with E-state index in [1.807, 2.05) is 53.7 Å². The van der Waals surface area contributed by atoms with Gasteiger partial charge in [0.1, 0.15) is 11.2 Å². The normalized spacial score (nSPS) is 25.2. The van der Waals surface area contributed by atoms with Crippen molar-refractivity contribution in [3.63, 3.8) is 0 Å². The van der Waals surface area contributed by atoms with Crippen LogP contribution in [0.2, 0.25) is 0 Å². The van der Waals surface area contributed by atoms with Crippen LogP contribution < -0.4 is 10.6 Å². The Labute approximate surface area is 302 Å². The second-order valence-corrected chi connectivity index (χ2v) is 16.7. The number of hydrogen-bond donors (Lipinski definition) is 4. The van der Waals surface area contributed by atoms with Gasteiger partial charge in [-0.1, -0.05) is 74.5 Å². The Morgan fingerprint density at radius 2 is 0.940 bits per heavy atom. The van der Waals surface area contributed by atoms with Crippen molar-refractivity contribution in [2.45, 2.75) is 168 Å². The van der Waals surface area contributed by atoms with Gasteiger partial charge in [0, 0.05) is 12.1 Å². The molecule has 0 heterocycles. The number of carbonyl (C=O) groups excluding carboxylic acids is 2. The molecular formula is C42H66N2O6. The summed E-state index contributed by atoms with van der Waals surface area (Å²) in [5.74, 6) is 0. The lowest BCUT2D eigenvalue weighted by molar-refractivity contribution is 0.0203. The van der Waals surface area contributed by atoms with E-state index in [2.05, 4.69) is 73.0 Å². The van der Waals surface area contributed by atoms with Crippen LogP contribution in [0, 0.1) is 10.8 Å². The SMILES string of the molecule is CCC(NC(=O)OC(C)(C)C)C1(Cc2ccccc2)CCC(O)CC1.CCC(NC(=O)OC(C)(C)C)C1(Cc2ccccc2)CCC(O)CC1. The number of carbonyl (C=O) groups is 2. The second kappa shape index (κ2) is 18.4. The van der Waals surface area contributed by atoms with Crippen molar-refractivity contribution in [2.75, 3.05) is 0 Å². The molecule has 8 heteroatoms. The third kappa shape index (κ3) is 13.2. The zero-order valence-corrected chi connectivity index (χ0v) is 32.1. The molecule has 0 aromatic heterocycles. The van der Waals surface area contributed by atoms with Gasteiger partial charge in [0.2, 0.25) is 0 Å². The lowest BCUT2D eigenvalue weighted by Crippen LogP contribution is -2.51. The molecule has 280 valence electrons. The molecule has 2 aromatic rings. The molecule has 4 N–H and O–H groups in total. The average Bonchev–Trinajstić information content (AvgIpc) is 3.04. The highest BCUT2D eigenvalue weighted by atomic mass is 16.6. The minimum absolute atomic E-state index is 0.0355. The van der Waals surface area contributed by atoms with Gasteiger partial charge < -0.3 is 30.3 Å². The molecule has 2 fully saturated rings. The number of benzene rings is 2. The monoisotopic (exact) mass is 694 g/mol. The molecule has 2 aromatic carbocycles. The highest BCUT2D eigenvalue weighted by Crippen LogP contribution is 2.44. The molecule has 2 aliphatic carbocycles.